The molecular formula is C44H53N3O11. The number of carbonyl (C=O) groups is 6. The average molecular weight is 800 g/mol. The van der Waals surface area contributed by atoms with Gasteiger partial charge in [0.25, 0.3) is 0 Å². The molecule has 0 saturated carbocycles. The lowest BCUT2D eigenvalue weighted by atomic mass is 10.0. The number of hydrogen-bond donors (Lipinski definition) is 2. The van der Waals surface area contributed by atoms with Crippen LogP contribution in [-0.2, 0) is 38.2 Å². The van der Waals surface area contributed by atoms with Gasteiger partial charge in [-0.3, -0.25) is 38.8 Å². The summed E-state index contributed by atoms with van der Waals surface area (Å²) in [4.78, 5) is 73.9. The Labute approximate surface area is 339 Å². The maximum Gasteiger partial charge on any atom is 0.343 e. The molecule has 2 saturated heterocycles. The maximum absolute atomic E-state index is 12.2. The van der Waals surface area contributed by atoms with E-state index in [1.165, 1.54) is 13.1 Å². The molecule has 0 bridgehead atoms. The second-order valence-electron chi connectivity index (χ2n) is 13.3. The van der Waals surface area contributed by atoms with Crippen molar-refractivity contribution in [2.24, 2.45) is 4.99 Å². The van der Waals surface area contributed by atoms with Gasteiger partial charge in [-0.2, -0.15) is 0 Å². The van der Waals surface area contributed by atoms with Crippen molar-refractivity contribution in [3.63, 3.8) is 0 Å². The zero-order chi connectivity index (χ0) is 42.1. The average Bonchev–Trinajstić information content (AvgIpc) is 3.22. The first-order valence-corrected chi connectivity index (χ1v) is 19.2. The fraction of sp³-hybridized carbons (Fsp3) is 0.386. The predicted molar refractivity (Wildman–Crippen MR) is 216 cm³/mol. The van der Waals surface area contributed by atoms with Crippen LogP contribution in [0.4, 0.5) is 0 Å². The highest BCUT2D eigenvalue weighted by Gasteiger charge is 2.29. The maximum atomic E-state index is 12.2. The van der Waals surface area contributed by atoms with Gasteiger partial charge in [0.2, 0.25) is 0 Å². The molecule has 0 aromatic heterocycles. The van der Waals surface area contributed by atoms with Gasteiger partial charge in [0.1, 0.15) is 54.2 Å². The molecule has 3 heterocycles. The molecule has 2 atom stereocenters. The van der Waals surface area contributed by atoms with Crippen LogP contribution < -0.4 is 0 Å². The molecule has 58 heavy (non-hydrogen) atoms. The summed E-state index contributed by atoms with van der Waals surface area (Å²) in [5.41, 5.74) is 2.63. The van der Waals surface area contributed by atoms with Crippen molar-refractivity contribution in [1.29, 1.82) is 0 Å². The van der Waals surface area contributed by atoms with Crippen molar-refractivity contribution in [2.75, 3.05) is 59.0 Å². The van der Waals surface area contributed by atoms with E-state index < -0.39 is 24.0 Å². The summed E-state index contributed by atoms with van der Waals surface area (Å²) < 4.78 is 15.0. The fourth-order valence-electron chi connectivity index (χ4n) is 5.83. The molecule has 3 aliphatic rings. The lowest BCUT2D eigenvalue weighted by Crippen LogP contribution is -2.47. The Kier molecular flexibility index (Phi) is 21.0. The standard InChI is InChI=1S/C20H27N3O4.C11H10O3.C7H6O.C6H10O3/c24-13-12-23-10-8-22(9-11-23)7-6-21-15-17-18(25)14-19(27-20(17)26)16-4-2-1-3-5-16;12-9-6-10(14-11(13)7-9)8-4-2-1-3-5-8;8-6-7-4-2-1-3-5-7;1-3-9-6(8)4-5(2)7/h1-5,15,19,24-25H,6-14H2;1-5,10H,6-7H2;1-6H;3-4H2,1-2H3. The quantitative estimate of drug-likeness (QED) is 0.0835. The molecule has 0 spiro atoms. The van der Waals surface area contributed by atoms with Gasteiger partial charge >= 0.3 is 17.9 Å². The van der Waals surface area contributed by atoms with Crippen LogP contribution in [0.15, 0.2) is 107 Å². The smallest absolute Gasteiger partial charge is 0.343 e. The van der Waals surface area contributed by atoms with Gasteiger partial charge in [-0.1, -0.05) is 91.0 Å². The van der Waals surface area contributed by atoms with Crippen LogP contribution in [0, 0.1) is 0 Å². The first kappa shape index (κ1) is 46.6. The van der Waals surface area contributed by atoms with Gasteiger partial charge in [-0.05, 0) is 25.0 Å². The first-order valence-electron chi connectivity index (χ1n) is 19.2. The number of carbonyl (C=O) groups excluding carboxylic acids is 6. The Bertz CT molecular complexity index is 1790. The number of ketones is 2. The van der Waals surface area contributed by atoms with Gasteiger partial charge in [-0.15, -0.1) is 0 Å². The molecule has 2 unspecified atom stereocenters. The monoisotopic (exact) mass is 799 g/mol. The number of esters is 3. The van der Waals surface area contributed by atoms with Gasteiger partial charge in [-0.25, -0.2) is 4.79 Å². The van der Waals surface area contributed by atoms with E-state index in [0.717, 1.165) is 62.2 Å². The number of cyclic esters (lactones) is 2. The number of aliphatic imine (C=N–C) groups is 1. The van der Waals surface area contributed by atoms with Gasteiger partial charge in [0, 0.05) is 63.9 Å². The van der Waals surface area contributed by atoms with Gasteiger partial charge in [0.05, 0.1) is 19.8 Å². The highest BCUT2D eigenvalue weighted by molar-refractivity contribution is 6.10. The van der Waals surface area contributed by atoms with Crippen molar-refractivity contribution in [3.8, 4) is 0 Å². The van der Waals surface area contributed by atoms with Crippen molar-refractivity contribution < 1.29 is 53.2 Å². The second-order valence-corrected chi connectivity index (χ2v) is 13.3. The third kappa shape index (κ3) is 17.5. The third-order valence-electron chi connectivity index (χ3n) is 8.81. The summed E-state index contributed by atoms with van der Waals surface area (Å²) in [5, 5.41) is 19.2. The number of ether oxygens (including phenoxy) is 3. The minimum Gasteiger partial charge on any atom is -0.511 e. The SMILES string of the molecule is CCOC(=O)CC(C)=O.O=C1CC(=O)OC(c2ccccc2)C1.O=C1OC(c2ccccc2)CC(O)=C1C=NCCN1CCN(CCO)CC1.O=Cc1ccccc1. The van der Waals surface area contributed by atoms with Crippen LogP contribution in [0.1, 0.15) is 73.2 Å². The molecule has 0 amide bonds. The van der Waals surface area contributed by atoms with E-state index in [-0.39, 0.29) is 54.9 Å². The molecular weight excluding hydrogens is 746 g/mol. The molecule has 0 aliphatic carbocycles. The summed E-state index contributed by atoms with van der Waals surface area (Å²) in [7, 11) is 0. The molecule has 310 valence electrons. The number of aliphatic hydroxyl groups is 2. The van der Waals surface area contributed by atoms with Crippen molar-refractivity contribution in [2.45, 2.75) is 51.7 Å². The van der Waals surface area contributed by atoms with Crippen LogP contribution in [0.3, 0.4) is 0 Å². The zero-order valence-corrected chi connectivity index (χ0v) is 33.1. The Morgan fingerprint density at radius 1 is 0.810 bits per heavy atom. The van der Waals surface area contributed by atoms with Crippen LogP contribution in [-0.4, -0.2) is 121 Å². The Balaban J connectivity index is 0.000000240. The van der Waals surface area contributed by atoms with E-state index in [1.54, 1.807) is 19.1 Å². The zero-order valence-electron chi connectivity index (χ0n) is 33.1. The molecule has 14 nitrogen and oxygen atoms in total. The predicted octanol–water partition coefficient (Wildman–Crippen LogP) is 4.83. The van der Waals surface area contributed by atoms with E-state index in [9.17, 15) is 33.9 Å². The molecule has 2 N–H and O–H groups in total. The highest BCUT2D eigenvalue weighted by Crippen LogP contribution is 2.30. The lowest BCUT2D eigenvalue weighted by molar-refractivity contribution is -0.158. The number of β-amino-alcohol motifs (C(OH)–C–C–N with tert-alkyl or cyclic N) is 1. The van der Waals surface area contributed by atoms with Crippen LogP contribution in [0.25, 0.3) is 0 Å². The minimum atomic E-state index is -0.533. The normalized spacial score (nSPS) is 18.2. The van der Waals surface area contributed by atoms with Crippen LogP contribution >= 0.6 is 0 Å². The van der Waals surface area contributed by atoms with E-state index >= 15 is 0 Å². The summed E-state index contributed by atoms with van der Waals surface area (Å²) in [6, 6.07) is 27.8. The number of piperazine rings is 1. The largest absolute Gasteiger partial charge is 0.511 e. The minimum absolute atomic E-state index is 0.0291. The number of Topliss-reactive ketones (excluding diaryl/α,β-unsaturated/α-hetero) is 2. The van der Waals surface area contributed by atoms with Crippen molar-refractivity contribution >= 4 is 42.0 Å². The summed E-state index contributed by atoms with van der Waals surface area (Å²) >= 11 is 0. The second kappa shape index (κ2) is 26.2. The topological polar surface area (TPSA) is 189 Å². The number of aldehydes is 1. The van der Waals surface area contributed by atoms with Crippen molar-refractivity contribution in [3.05, 3.63) is 119 Å². The summed E-state index contributed by atoms with van der Waals surface area (Å²) in [6.45, 7) is 9.49. The lowest BCUT2D eigenvalue weighted by Gasteiger charge is -2.33. The molecule has 2 fully saturated rings. The number of nitrogens with zero attached hydrogens (tertiary/aromatic N) is 3. The molecule has 3 aromatic rings. The van der Waals surface area contributed by atoms with E-state index in [2.05, 4.69) is 19.5 Å². The number of benzene rings is 3. The Morgan fingerprint density at radius 3 is 1.81 bits per heavy atom. The van der Waals surface area contributed by atoms with E-state index in [0.29, 0.717) is 19.6 Å². The number of hydrogen-bond acceptors (Lipinski definition) is 14. The Morgan fingerprint density at radius 2 is 1.34 bits per heavy atom. The molecule has 3 aliphatic heterocycles. The van der Waals surface area contributed by atoms with E-state index in [4.69, 9.17) is 14.6 Å². The summed E-state index contributed by atoms with van der Waals surface area (Å²) in [5.74, 6) is -1.57. The van der Waals surface area contributed by atoms with Crippen LogP contribution in [0.2, 0.25) is 0 Å². The van der Waals surface area contributed by atoms with Crippen molar-refractivity contribution in [1.82, 2.24) is 9.80 Å². The Hall–Kier alpha value is -5.83. The van der Waals surface area contributed by atoms with E-state index in [1.807, 2.05) is 78.9 Å². The first-order chi connectivity index (χ1) is 28.0. The van der Waals surface area contributed by atoms with Gasteiger partial charge < -0.3 is 24.4 Å². The van der Waals surface area contributed by atoms with Gasteiger partial charge in [0.15, 0.2) is 0 Å². The highest BCUT2D eigenvalue weighted by atomic mass is 16.6. The number of aliphatic hydroxyl groups excluding tert-OH is 2. The molecule has 6 rings (SSSR count). The summed E-state index contributed by atoms with van der Waals surface area (Å²) in [6.07, 6.45) is 1.81. The number of rotatable bonds is 12. The third-order valence-corrected chi connectivity index (χ3v) is 8.81. The molecule has 14 heteroatoms. The molecule has 3 aromatic carbocycles. The van der Waals surface area contributed by atoms with Crippen LogP contribution in [0.5, 0.6) is 0 Å². The fourth-order valence-corrected chi connectivity index (χ4v) is 5.83. The molecule has 0 radical (unpaired) electrons.